The zero-order valence-corrected chi connectivity index (χ0v) is 21.9. The van der Waals surface area contributed by atoms with Crippen LogP contribution in [0.3, 0.4) is 0 Å². The Morgan fingerprint density at radius 2 is 1.95 bits per heavy atom. The number of carbonyl (C=O) groups is 2. The Morgan fingerprint density at radius 1 is 1.13 bits per heavy atom. The molecule has 2 aliphatic rings. The van der Waals surface area contributed by atoms with Crippen LogP contribution in [-0.2, 0) is 9.59 Å². The van der Waals surface area contributed by atoms with Crippen LogP contribution in [0.15, 0.2) is 78.9 Å². The third kappa shape index (κ3) is 4.40. The molecular weight excluding hydrogens is 516 g/mol. The molecule has 0 saturated carbocycles. The minimum Gasteiger partial charge on any atom is -0.507 e. The first kappa shape index (κ1) is 24.7. The number of Topliss-reactive ketones (excluding diaryl/α,β-unsaturated/α-hetero) is 1. The van der Waals surface area contributed by atoms with Crippen LogP contribution in [0.1, 0.15) is 22.7 Å². The topological polar surface area (TPSA) is 98.2 Å². The monoisotopic (exact) mass is 540 g/mol. The van der Waals surface area contributed by atoms with Crippen molar-refractivity contribution in [2.24, 2.45) is 0 Å². The Labute approximate surface area is 228 Å². The molecule has 0 bridgehead atoms. The number of nitrogens with zero attached hydrogens (tertiary/aromatic N) is 2. The summed E-state index contributed by atoms with van der Waals surface area (Å²) in [4.78, 5) is 33.2. The summed E-state index contributed by atoms with van der Waals surface area (Å²) in [7, 11) is 0. The van der Waals surface area contributed by atoms with Crippen LogP contribution in [0, 0.1) is 6.92 Å². The molecule has 1 fully saturated rings. The van der Waals surface area contributed by atoms with E-state index in [0.29, 0.717) is 46.7 Å². The molecule has 39 heavy (non-hydrogen) atoms. The summed E-state index contributed by atoms with van der Waals surface area (Å²) in [6.07, 6.45) is 1.63. The van der Waals surface area contributed by atoms with E-state index in [1.807, 2.05) is 25.1 Å². The fraction of sp³-hybridized carbons (Fsp3) is 0.167. The number of hydrogen-bond donors (Lipinski definition) is 1. The summed E-state index contributed by atoms with van der Waals surface area (Å²) in [6, 6.07) is 16.9. The molecule has 6 rings (SSSR count). The Kier molecular flexibility index (Phi) is 6.28. The summed E-state index contributed by atoms with van der Waals surface area (Å²) in [5.74, 6) is -0.346. The van der Waals surface area contributed by atoms with E-state index >= 15 is 0 Å². The Balaban J connectivity index is 1.53. The molecule has 8 nitrogen and oxygen atoms in total. The van der Waals surface area contributed by atoms with Crippen LogP contribution in [0.5, 0.6) is 17.2 Å². The average molecular weight is 541 g/mol. The Hall–Kier alpha value is -4.63. The molecule has 3 aromatic carbocycles. The first-order valence-electron chi connectivity index (χ1n) is 12.4. The molecule has 0 radical (unpaired) electrons. The van der Waals surface area contributed by atoms with Crippen LogP contribution in [-0.4, -0.2) is 41.6 Å². The van der Waals surface area contributed by atoms with Crippen LogP contribution in [0.25, 0.3) is 16.0 Å². The molecule has 9 heteroatoms. The molecule has 1 atom stereocenters. The number of aromatic nitrogens is 1. The summed E-state index contributed by atoms with van der Waals surface area (Å²) in [5, 5.41) is 11.9. The first-order chi connectivity index (χ1) is 18.9. The number of ketones is 1. The molecule has 1 aromatic heterocycles. The van der Waals surface area contributed by atoms with Crippen molar-refractivity contribution in [3.63, 3.8) is 0 Å². The molecule has 1 saturated heterocycles. The van der Waals surface area contributed by atoms with Crippen LogP contribution < -0.4 is 19.1 Å². The SMILES string of the molecule is C=CCOc1cccc([C@@H]2/C(=C(\O)c3ccc4c(c3)OCCO4)C(=O)C(=O)N2c2nc3ccc(C)cc3s2)c1. The molecule has 4 aromatic rings. The minimum absolute atomic E-state index is 0.0482. The molecule has 0 aliphatic carbocycles. The molecule has 196 valence electrons. The van der Waals surface area contributed by atoms with Gasteiger partial charge < -0.3 is 19.3 Å². The van der Waals surface area contributed by atoms with Crippen molar-refractivity contribution >= 4 is 44.1 Å². The molecule has 3 heterocycles. The average Bonchev–Trinajstić information content (AvgIpc) is 3.48. The zero-order chi connectivity index (χ0) is 27.1. The fourth-order valence-corrected chi connectivity index (χ4v) is 5.83. The maximum atomic E-state index is 13.6. The maximum Gasteiger partial charge on any atom is 0.301 e. The van der Waals surface area contributed by atoms with E-state index in [9.17, 15) is 14.7 Å². The largest absolute Gasteiger partial charge is 0.507 e. The lowest BCUT2D eigenvalue weighted by molar-refractivity contribution is -0.132. The van der Waals surface area contributed by atoms with Crippen molar-refractivity contribution in [3.8, 4) is 17.2 Å². The Morgan fingerprint density at radius 3 is 2.77 bits per heavy atom. The third-order valence-electron chi connectivity index (χ3n) is 6.54. The quantitative estimate of drug-likeness (QED) is 0.148. The van der Waals surface area contributed by atoms with E-state index in [1.165, 1.54) is 16.2 Å². The normalized spacial score (nSPS) is 18.0. The van der Waals surface area contributed by atoms with E-state index < -0.39 is 17.7 Å². The number of anilines is 1. The van der Waals surface area contributed by atoms with Gasteiger partial charge in [0.1, 0.15) is 31.3 Å². The molecule has 1 amide bonds. The van der Waals surface area contributed by atoms with Gasteiger partial charge in [0.15, 0.2) is 16.6 Å². The highest BCUT2D eigenvalue weighted by Gasteiger charge is 2.48. The van der Waals surface area contributed by atoms with E-state index in [-0.39, 0.29) is 17.9 Å². The number of ether oxygens (including phenoxy) is 3. The highest BCUT2D eigenvalue weighted by Crippen LogP contribution is 2.45. The third-order valence-corrected chi connectivity index (χ3v) is 7.56. The van der Waals surface area contributed by atoms with Crippen molar-refractivity contribution in [2.45, 2.75) is 13.0 Å². The second-order valence-corrected chi connectivity index (χ2v) is 10.2. The van der Waals surface area contributed by atoms with Gasteiger partial charge in [-0.2, -0.15) is 0 Å². The number of hydrogen-bond acceptors (Lipinski definition) is 8. The highest BCUT2D eigenvalue weighted by atomic mass is 32.1. The lowest BCUT2D eigenvalue weighted by Crippen LogP contribution is -2.29. The number of aryl methyl sites for hydroxylation is 1. The van der Waals surface area contributed by atoms with Crippen LogP contribution >= 0.6 is 11.3 Å². The molecule has 2 aliphatic heterocycles. The molecule has 1 N–H and O–H groups in total. The van der Waals surface area contributed by atoms with Gasteiger partial charge in [-0.15, -0.1) is 0 Å². The predicted molar refractivity (Wildman–Crippen MR) is 149 cm³/mol. The second-order valence-electron chi connectivity index (χ2n) is 9.17. The number of aliphatic hydroxyl groups is 1. The number of thiazole rings is 1. The number of carbonyl (C=O) groups excluding carboxylic acids is 2. The van der Waals surface area contributed by atoms with E-state index in [2.05, 4.69) is 11.6 Å². The van der Waals surface area contributed by atoms with E-state index in [4.69, 9.17) is 14.2 Å². The van der Waals surface area contributed by atoms with Crippen LogP contribution in [0.2, 0.25) is 0 Å². The fourth-order valence-electron chi connectivity index (χ4n) is 4.74. The van der Waals surface area contributed by atoms with Gasteiger partial charge in [-0.05, 0) is 60.5 Å². The number of rotatable bonds is 6. The van der Waals surface area contributed by atoms with Gasteiger partial charge in [-0.3, -0.25) is 14.5 Å². The number of benzene rings is 3. The first-order valence-corrected chi connectivity index (χ1v) is 13.2. The number of aliphatic hydroxyl groups excluding tert-OH is 1. The lowest BCUT2D eigenvalue weighted by Gasteiger charge is -2.23. The number of fused-ring (bicyclic) bond motifs is 2. The van der Waals surface area contributed by atoms with Crippen molar-refractivity contribution in [1.82, 2.24) is 4.98 Å². The summed E-state index contributed by atoms with van der Waals surface area (Å²) < 4.78 is 17.9. The molecular formula is C30H24N2O6S. The van der Waals surface area contributed by atoms with Gasteiger partial charge in [0.2, 0.25) is 0 Å². The Bertz CT molecular complexity index is 1670. The second kappa shape index (κ2) is 9.92. The van der Waals surface area contributed by atoms with Crippen LogP contribution in [0.4, 0.5) is 5.13 Å². The van der Waals surface area contributed by atoms with E-state index in [1.54, 1.807) is 48.5 Å². The minimum atomic E-state index is -0.938. The zero-order valence-electron chi connectivity index (χ0n) is 21.0. The predicted octanol–water partition coefficient (Wildman–Crippen LogP) is 5.57. The summed E-state index contributed by atoms with van der Waals surface area (Å²) in [6.45, 7) is 6.75. The van der Waals surface area contributed by atoms with Gasteiger partial charge in [0.25, 0.3) is 5.78 Å². The lowest BCUT2D eigenvalue weighted by atomic mass is 9.95. The molecule has 0 spiro atoms. The van der Waals surface area contributed by atoms with E-state index in [0.717, 1.165) is 15.8 Å². The van der Waals surface area contributed by atoms with Crippen molar-refractivity contribution in [1.29, 1.82) is 0 Å². The van der Waals surface area contributed by atoms with Gasteiger partial charge >= 0.3 is 5.91 Å². The number of amides is 1. The van der Waals surface area contributed by atoms with Gasteiger partial charge in [-0.25, -0.2) is 4.98 Å². The van der Waals surface area contributed by atoms with Crippen molar-refractivity contribution in [3.05, 3.63) is 95.6 Å². The van der Waals surface area contributed by atoms with Gasteiger partial charge in [0, 0.05) is 5.56 Å². The summed E-state index contributed by atoms with van der Waals surface area (Å²) in [5.41, 5.74) is 2.65. The smallest absolute Gasteiger partial charge is 0.301 e. The van der Waals surface area contributed by atoms with Crippen molar-refractivity contribution < 1.29 is 28.9 Å². The van der Waals surface area contributed by atoms with Crippen molar-refractivity contribution in [2.75, 3.05) is 24.7 Å². The maximum absolute atomic E-state index is 13.6. The van der Waals surface area contributed by atoms with Gasteiger partial charge in [0.05, 0.1) is 21.8 Å². The van der Waals surface area contributed by atoms with Gasteiger partial charge in [-0.1, -0.05) is 42.2 Å². The highest BCUT2D eigenvalue weighted by molar-refractivity contribution is 7.22. The standard InChI is InChI=1S/C30H24N2O6S/c1-3-11-36-20-6-4-5-18(15-20)26-25(27(33)19-8-10-22-23(16-19)38-13-12-37-22)28(34)29(35)32(26)30-31-21-9-7-17(2)14-24(21)39-30/h3-10,14-16,26,33H,1,11-13H2,2H3/b27-25+/t26-/m1/s1. The summed E-state index contributed by atoms with van der Waals surface area (Å²) >= 11 is 1.32. The molecule has 0 unspecified atom stereocenters.